The van der Waals surface area contributed by atoms with Crippen molar-refractivity contribution < 1.29 is 19.1 Å². The molecule has 0 saturated carbocycles. The Bertz CT molecular complexity index is 648. The molecule has 1 aliphatic rings. The standard InChI is InChI=1S/C15H17NO4S2/c1-8(2)6-11(14(18)19)16-13(17)12(22-15(16)21)7-10-5-4-9(3)20-10/h4-5,7-8,11H,6H2,1-3H3,(H,18,19)/p-1/b12-7+/t11-/m0/s1. The number of carbonyl (C=O) groups is 2. The molecule has 0 spiro atoms. The summed E-state index contributed by atoms with van der Waals surface area (Å²) in [7, 11) is 0. The summed E-state index contributed by atoms with van der Waals surface area (Å²) >= 11 is 6.25. The van der Waals surface area contributed by atoms with Crippen molar-refractivity contribution in [1.82, 2.24) is 4.90 Å². The second-order valence-electron chi connectivity index (χ2n) is 5.46. The number of nitrogens with zero attached hydrogens (tertiary/aromatic N) is 1. The molecule has 5 nitrogen and oxygen atoms in total. The molecule has 118 valence electrons. The highest BCUT2D eigenvalue weighted by molar-refractivity contribution is 8.26. The number of hydrogen-bond donors (Lipinski definition) is 0. The predicted octanol–water partition coefficient (Wildman–Crippen LogP) is 1.95. The van der Waals surface area contributed by atoms with Crippen LogP contribution in [0.15, 0.2) is 21.5 Å². The van der Waals surface area contributed by atoms with Crippen LogP contribution in [0.5, 0.6) is 0 Å². The van der Waals surface area contributed by atoms with Gasteiger partial charge in [-0.2, -0.15) is 0 Å². The van der Waals surface area contributed by atoms with Gasteiger partial charge in [-0.1, -0.05) is 37.8 Å². The summed E-state index contributed by atoms with van der Waals surface area (Å²) in [6.45, 7) is 5.57. The lowest BCUT2D eigenvalue weighted by Crippen LogP contribution is -2.50. The molecule has 1 atom stereocenters. The van der Waals surface area contributed by atoms with E-state index in [-0.39, 0.29) is 10.2 Å². The van der Waals surface area contributed by atoms with Crippen LogP contribution in [0, 0.1) is 12.8 Å². The number of thiocarbonyl (C=S) groups is 1. The minimum atomic E-state index is -1.29. The van der Waals surface area contributed by atoms with Crippen molar-refractivity contribution in [3.05, 3.63) is 28.6 Å². The van der Waals surface area contributed by atoms with Crippen LogP contribution in [0.1, 0.15) is 31.8 Å². The number of aryl methyl sites for hydroxylation is 1. The number of thioether (sulfide) groups is 1. The topological polar surface area (TPSA) is 73.6 Å². The molecule has 1 amide bonds. The summed E-state index contributed by atoms with van der Waals surface area (Å²) < 4.78 is 5.64. The number of amides is 1. The van der Waals surface area contributed by atoms with Gasteiger partial charge in [0.2, 0.25) is 0 Å². The van der Waals surface area contributed by atoms with Crippen molar-refractivity contribution in [2.24, 2.45) is 5.92 Å². The third-order valence-electron chi connectivity index (χ3n) is 3.14. The highest BCUT2D eigenvalue weighted by atomic mass is 32.2. The minimum Gasteiger partial charge on any atom is -0.548 e. The first-order valence-corrected chi connectivity index (χ1v) is 8.06. The van der Waals surface area contributed by atoms with Gasteiger partial charge in [0.15, 0.2) is 0 Å². The molecule has 0 aromatic carbocycles. The van der Waals surface area contributed by atoms with Crippen LogP contribution < -0.4 is 5.11 Å². The molecule has 0 unspecified atom stereocenters. The smallest absolute Gasteiger partial charge is 0.266 e. The summed E-state index contributed by atoms with van der Waals surface area (Å²) in [6.07, 6.45) is 1.87. The third kappa shape index (κ3) is 3.59. The zero-order chi connectivity index (χ0) is 16.4. The molecule has 2 heterocycles. The normalized spacial score (nSPS) is 18.5. The molecule has 2 rings (SSSR count). The van der Waals surface area contributed by atoms with Gasteiger partial charge in [0.05, 0.1) is 16.9 Å². The summed E-state index contributed by atoms with van der Waals surface area (Å²) in [4.78, 5) is 25.3. The number of hydrogen-bond acceptors (Lipinski definition) is 6. The lowest BCUT2D eigenvalue weighted by atomic mass is 10.0. The quantitative estimate of drug-likeness (QED) is 0.603. The zero-order valence-electron chi connectivity index (χ0n) is 12.5. The molecule has 0 N–H and O–H groups in total. The van der Waals surface area contributed by atoms with Crippen molar-refractivity contribution >= 4 is 46.3 Å². The Balaban J connectivity index is 2.27. The number of rotatable bonds is 5. The number of furan rings is 1. The first kappa shape index (κ1) is 16.8. The SMILES string of the molecule is Cc1ccc(/C=C2/SC(=S)N([C@@H](CC(C)C)C(=O)[O-])C2=O)o1. The second-order valence-corrected chi connectivity index (χ2v) is 7.14. The molecule has 1 aliphatic heterocycles. The van der Waals surface area contributed by atoms with Gasteiger partial charge in [-0.3, -0.25) is 9.69 Å². The van der Waals surface area contributed by atoms with Gasteiger partial charge in [0, 0.05) is 6.08 Å². The monoisotopic (exact) mass is 338 g/mol. The molecule has 1 aromatic heterocycles. The fourth-order valence-corrected chi connectivity index (χ4v) is 3.50. The second kappa shape index (κ2) is 6.66. The lowest BCUT2D eigenvalue weighted by molar-refractivity contribution is -0.310. The van der Waals surface area contributed by atoms with Gasteiger partial charge in [-0.25, -0.2) is 0 Å². The molecular formula is C15H16NO4S2-. The van der Waals surface area contributed by atoms with Crippen LogP contribution in [-0.4, -0.2) is 27.1 Å². The van der Waals surface area contributed by atoms with Crippen LogP contribution in [0.2, 0.25) is 0 Å². The van der Waals surface area contributed by atoms with Crippen molar-refractivity contribution in [2.75, 3.05) is 0 Å². The Morgan fingerprint density at radius 1 is 1.50 bits per heavy atom. The van der Waals surface area contributed by atoms with Crippen LogP contribution in [0.3, 0.4) is 0 Å². The van der Waals surface area contributed by atoms with Crippen molar-refractivity contribution in [3.8, 4) is 0 Å². The largest absolute Gasteiger partial charge is 0.548 e. The maximum absolute atomic E-state index is 12.5. The maximum Gasteiger partial charge on any atom is 0.266 e. The Morgan fingerprint density at radius 3 is 2.68 bits per heavy atom. The Hall–Kier alpha value is -1.60. The average Bonchev–Trinajstić information content (AvgIpc) is 2.92. The van der Waals surface area contributed by atoms with Gasteiger partial charge in [0.1, 0.15) is 15.8 Å². The van der Waals surface area contributed by atoms with E-state index in [9.17, 15) is 14.7 Å². The summed E-state index contributed by atoms with van der Waals surface area (Å²) in [5.74, 6) is -0.343. The molecule has 0 radical (unpaired) electrons. The van der Waals surface area contributed by atoms with Crippen LogP contribution in [0.4, 0.5) is 0 Å². The predicted molar refractivity (Wildman–Crippen MR) is 86.7 cm³/mol. The first-order chi connectivity index (χ1) is 10.3. The summed E-state index contributed by atoms with van der Waals surface area (Å²) in [5, 5.41) is 11.4. The zero-order valence-corrected chi connectivity index (χ0v) is 14.1. The Kier molecular flexibility index (Phi) is 5.08. The van der Waals surface area contributed by atoms with E-state index in [0.717, 1.165) is 22.4 Å². The van der Waals surface area contributed by atoms with Crippen molar-refractivity contribution in [3.63, 3.8) is 0 Å². The van der Waals surface area contributed by atoms with Gasteiger partial charge >= 0.3 is 0 Å². The van der Waals surface area contributed by atoms with Crippen LogP contribution in [-0.2, 0) is 9.59 Å². The number of carboxylic acid groups (broad SMARTS) is 1. The minimum absolute atomic E-state index is 0.101. The fourth-order valence-electron chi connectivity index (χ4n) is 2.16. The summed E-state index contributed by atoms with van der Waals surface area (Å²) in [6, 6.07) is 2.48. The van der Waals surface area contributed by atoms with E-state index in [2.05, 4.69) is 0 Å². The third-order valence-corrected chi connectivity index (χ3v) is 4.47. The van der Waals surface area contributed by atoms with E-state index in [1.165, 1.54) is 0 Å². The Labute approximate surface area is 138 Å². The van der Waals surface area contributed by atoms with E-state index in [1.807, 2.05) is 13.8 Å². The van der Waals surface area contributed by atoms with Crippen molar-refractivity contribution in [1.29, 1.82) is 0 Å². The van der Waals surface area contributed by atoms with Gasteiger partial charge in [-0.05, 0) is 31.4 Å². The fraction of sp³-hybridized carbons (Fsp3) is 0.400. The van der Waals surface area contributed by atoms with Gasteiger partial charge in [0.25, 0.3) is 5.91 Å². The molecule has 1 fully saturated rings. The molecule has 1 aromatic rings. The maximum atomic E-state index is 12.5. The van der Waals surface area contributed by atoms with E-state index in [0.29, 0.717) is 17.1 Å². The van der Waals surface area contributed by atoms with E-state index < -0.39 is 17.9 Å². The molecule has 7 heteroatoms. The molecule has 22 heavy (non-hydrogen) atoms. The van der Waals surface area contributed by atoms with Gasteiger partial charge in [-0.15, -0.1) is 0 Å². The van der Waals surface area contributed by atoms with Gasteiger partial charge < -0.3 is 14.3 Å². The summed E-state index contributed by atoms with van der Waals surface area (Å²) in [5.41, 5.74) is 0. The molecule has 1 saturated heterocycles. The number of carboxylic acids is 1. The number of carbonyl (C=O) groups excluding carboxylic acids is 2. The lowest BCUT2D eigenvalue weighted by Gasteiger charge is -2.28. The highest BCUT2D eigenvalue weighted by Crippen LogP contribution is 2.35. The van der Waals surface area contributed by atoms with E-state index in [1.54, 1.807) is 25.1 Å². The first-order valence-electron chi connectivity index (χ1n) is 6.84. The average molecular weight is 338 g/mol. The molecule has 0 aliphatic carbocycles. The van der Waals surface area contributed by atoms with Crippen LogP contribution >= 0.6 is 24.0 Å². The number of aliphatic carboxylic acids is 1. The Morgan fingerprint density at radius 2 is 2.18 bits per heavy atom. The van der Waals surface area contributed by atoms with Crippen LogP contribution in [0.25, 0.3) is 6.08 Å². The van der Waals surface area contributed by atoms with E-state index in [4.69, 9.17) is 16.6 Å². The molecular weight excluding hydrogens is 322 g/mol. The highest BCUT2D eigenvalue weighted by Gasteiger charge is 2.38. The van der Waals surface area contributed by atoms with Crippen molar-refractivity contribution in [2.45, 2.75) is 33.2 Å². The van der Waals surface area contributed by atoms with E-state index >= 15 is 0 Å². The molecule has 0 bridgehead atoms.